The van der Waals surface area contributed by atoms with E-state index in [2.05, 4.69) is 20.3 Å². The number of ether oxygens (including phenoxy) is 1. The molecule has 6 heteroatoms. The first-order chi connectivity index (χ1) is 13.7. The Morgan fingerprint density at radius 3 is 2.32 bits per heavy atom. The van der Waals surface area contributed by atoms with Crippen LogP contribution in [-0.4, -0.2) is 19.9 Å². The van der Waals surface area contributed by atoms with Crippen molar-refractivity contribution in [3.05, 3.63) is 84.4 Å². The van der Waals surface area contributed by atoms with Crippen LogP contribution in [-0.2, 0) is 0 Å². The molecule has 0 aliphatic carbocycles. The molecule has 4 aromatic rings. The lowest BCUT2D eigenvalue weighted by molar-refractivity contribution is 0.481. The number of pyridine rings is 4. The van der Waals surface area contributed by atoms with E-state index >= 15 is 0 Å². The van der Waals surface area contributed by atoms with Gasteiger partial charge in [-0.2, -0.15) is 0 Å². The lowest BCUT2D eigenvalue weighted by Crippen LogP contribution is -1.99. The molecule has 0 bridgehead atoms. The molecule has 0 aliphatic heterocycles. The molecule has 0 aromatic carbocycles. The van der Waals surface area contributed by atoms with Crippen LogP contribution in [0.2, 0.25) is 0 Å². The topological polar surface area (TPSA) is 72.8 Å². The molecule has 0 atom stereocenters. The van der Waals surface area contributed by atoms with Crippen molar-refractivity contribution < 1.29 is 4.74 Å². The SMILES string of the molecule is Cc1cc(Oc2ccnc(Nc3ccccn3)c2)c(-c2ccccn2)nc1C. The summed E-state index contributed by atoms with van der Waals surface area (Å²) < 4.78 is 6.18. The first-order valence-electron chi connectivity index (χ1n) is 8.90. The molecule has 4 aromatic heterocycles. The molecule has 138 valence electrons. The van der Waals surface area contributed by atoms with Crippen molar-refractivity contribution in [1.82, 2.24) is 19.9 Å². The third-order valence-electron chi connectivity index (χ3n) is 4.22. The molecular formula is C22H19N5O. The zero-order valence-electron chi connectivity index (χ0n) is 15.6. The van der Waals surface area contributed by atoms with Gasteiger partial charge in [0.15, 0.2) is 5.75 Å². The molecule has 0 unspecified atom stereocenters. The third-order valence-corrected chi connectivity index (χ3v) is 4.22. The summed E-state index contributed by atoms with van der Waals surface area (Å²) in [4.78, 5) is 17.7. The molecular weight excluding hydrogens is 350 g/mol. The second-order valence-electron chi connectivity index (χ2n) is 6.27. The highest BCUT2D eigenvalue weighted by molar-refractivity contribution is 5.64. The second kappa shape index (κ2) is 7.84. The van der Waals surface area contributed by atoms with Gasteiger partial charge in [0.05, 0.1) is 5.69 Å². The molecule has 0 radical (unpaired) electrons. The van der Waals surface area contributed by atoms with Gasteiger partial charge in [-0.3, -0.25) is 4.98 Å². The molecule has 4 rings (SSSR count). The minimum Gasteiger partial charge on any atom is -0.455 e. The van der Waals surface area contributed by atoms with Crippen LogP contribution in [0.3, 0.4) is 0 Å². The van der Waals surface area contributed by atoms with E-state index < -0.39 is 0 Å². The summed E-state index contributed by atoms with van der Waals surface area (Å²) in [6.07, 6.45) is 5.16. The number of hydrogen-bond acceptors (Lipinski definition) is 6. The molecule has 4 heterocycles. The van der Waals surface area contributed by atoms with Crippen molar-refractivity contribution in [1.29, 1.82) is 0 Å². The number of anilines is 2. The molecule has 0 aliphatic rings. The number of aryl methyl sites for hydroxylation is 2. The van der Waals surface area contributed by atoms with E-state index in [1.54, 1.807) is 24.7 Å². The van der Waals surface area contributed by atoms with Gasteiger partial charge in [-0.05, 0) is 55.8 Å². The predicted octanol–water partition coefficient (Wildman–Crippen LogP) is 5.09. The predicted molar refractivity (Wildman–Crippen MR) is 109 cm³/mol. The Morgan fingerprint density at radius 2 is 1.57 bits per heavy atom. The zero-order chi connectivity index (χ0) is 19.3. The number of aromatic nitrogens is 4. The Kier molecular flexibility index (Phi) is 4.93. The lowest BCUT2D eigenvalue weighted by atomic mass is 10.1. The summed E-state index contributed by atoms with van der Waals surface area (Å²) in [7, 11) is 0. The van der Waals surface area contributed by atoms with Crippen molar-refractivity contribution in [3.8, 4) is 22.9 Å². The summed E-state index contributed by atoms with van der Waals surface area (Å²) in [5.41, 5.74) is 3.47. The maximum atomic E-state index is 6.18. The molecule has 1 N–H and O–H groups in total. The van der Waals surface area contributed by atoms with Gasteiger partial charge < -0.3 is 10.1 Å². The van der Waals surface area contributed by atoms with Gasteiger partial charge in [-0.15, -0.1) is 0 Å². The monoisotopic (exact) mass is 369 g/mol. The molecule has 0 spiro atoms. The number of rotatable bonds is 5. The van der Waals surface area contributed by atoms with Gasteiger partial charge in [0, 0.05) is 30.4 Å². The van der Waals surface area contributed by atoms with E-state index in [0.717, 1.165) is 17.0 Å². The van der Waals surface area contributed by atoms with Gasteiger partial charge in [0.1, 0.15) is 23.1 Å². The van der Waals surface area contributed by atoms with E-state index in [0.29, 0.717) is 28.8 Å². The summed E-state index contributed by atoms with van der Waals surface area (Å²) in [5, 5.41) is 3.17. The summed E-state index contributed by atoms with van der Waals surface area (Å²) >= 11 is 0. The van der Waals surface area contributed by atoms with Crippen molar-refractivity contribution in [2.45, 2.75) is 13.8 Å². The average molecular weight is 369 g/mol. The van der Waals surface area contributed by atoms with Crippen LogP contribution in [0.1, 0.15) is 11.3 Å². The van der Waals surface area contributed by atoms with E-state index in [9.17, 15) is 0 Å². The quantitative estimate of drug-likeness (QED) is 0.528. The van der Waals surface area contributed by atoms with Crippen LogP contribution >= 0.6 is 0 Å². The fourth-order valence-corrected chi connectivity index (χ4v) is 2.68. The van der Waals surface area contributed by atoms with Crippen LogP contribution < -0.4 is 10.1 Å². The second-order valence-corrected chi connectivity index (χ2v) is 6.27. The zero-order valence-corrected chi connectivity index (χ0v) is 15.6. The van der Waals surface area contributed by atoms with Crippen LogP contribution in [0.25, 0.3) is 11.4 Å². The Hall–Kier alpha value is -3.80. The van der Waals surface area contributed by atoms with E-state index in [1.807, 2.05) is 62.4 Å². The van der Waals surface area contributed by atoms with Crippen molar-refractivity contribution in [2.75, 3.05) is 5.32 Å². The molecule has 0 fully saturated rings. The third kappa shape index (κ3) is 3.96. The van der Waals surface area contributed by atoms with Gasteiger partial charge in [-0.1, -0.05) is 12.1 Å². The number of nitrogens with zero attached hydrogens (tertiary/aromatic N) is 4. The highest BCUT2D eigenvalue weighted by Gasteiger charge is 2.13. The van der Waals surface area contributed by atoms with Gasteiger partial charge in [0.2, 0.25) is 0 Å². The standard InChI is InChI=1S/C22H19N5O/c1-15-13-19(22(26-16(15)2)18-7-3-5-10-23-18)28-17-9-12-25-21(14-17)27-20-8-4-6-11-24-20/h3-14H,1-2H3,(H,24,25,27). The Morgan fingerprint density at radius 1 is 0.786 bits per heavy atom. The largest absolute Gasteiger partial charge is 0.455 e. The first-order valence-corrected chi connectivity index (χ1v) is 8.90. The van der Waals surface area contributed by atoms with E-state index in [4.69, 9.17) is 9.72 Å². The highest BCUT2D eigenvalue weighted by Crippen LogP contribution is 2.33. The van der Waals surface area contributed by atoms with Crippen molar-refractivity contribution >= 4 is 11.6 Å². The molecule has 6 nitrogen and oxygen atoms in total. The van der Waals surface area contributed by atoms with E-state index in [-0.39, 0.29) is 0 Å². The fourth-order valence-electron chi connectivity index (χ4n) is 2.68. The van der Waals surface area contributed by atoms with Crippen LogP contribution in [0.5, 0.6) is 11.5 Å². The number of hydrogen-bond donors (Lipinski definition) is 1. The van der Waals surface area contributed by atoms with Crippen LogP contribution in [0.15, 0.2) is 73.2 Å². The minimum atomic E-state index is 0.646. The first kappa shape index (κ1) is 17.6. The molecule has 28 heavy (non-hydrogen) atoms. The summed E-state index contributed by atoms with van der Waals surface area (Å²) in [6, 6.07) is 17.0. The smallest absolute Gasteiger partial charge is 0.155 e. The van der Waals surface area contributed by atoms with Crippen molar-refractivity contribution in [2.24, 2.45) is 0 Å². The lowest BCUT2D eigenvalue weighted by Gasteiger charge is -2.13. The van der Waals surface area contributed by atoms with Crippen molar-refractivity contribution in [3.63, 3.8) is 0 Å². The van der Waals surface area contributed by atoms with Gasteiger partial charge >= 0.3 is 0 Å². The van der Waals surface area contributed by atoms with E-state index in [1.165, 1.54) is 0 Å². The molecule has 0 saturated heterocycles. The Labute approximate surface area is 163 Å². The van der Waals surface area contributed by atoms with Crippen LogP contribution in [0, 0.1) is 13.8 Å². The molecule has 0 saturated carbocycles. The van der Waals surface area contributed by atoms with Crippen LogP contribution in [0.4, 0.5) is 11.6 Å². The average Bonchev–Trinajstić information content (AvgIpc) is 2.72. The Balaban J connectivity index is 1.66. The minimum absolute atomic E-state index is 0.646. The summed E-state index contributed by atoms with van der Waals surface area (Å²) in [5.74, 6) is 2.66. The summed E-state index contributed by atoms with van der Waals surface area (Å²) in [6.45, 7) is 3.99. The normalized spacial score (nSPS) is 10.5. The highest BCUT2D eigenvalue weighted by atomic mass is 16.5. The fraction of sp³-hybridized carbons (Fsp3) is 0.0909. The maximum Gasteiger partial charge on any atom is 0.155 e. The maximum absolute atomic E-state index is 6.18. The number of nitrogens with one attached hydrogen (secondary N) is 1. The van der Waals surface area contributed by atoms with Gasteiger partial charge in [-0.25, -0.2) is 15.0 Å². The molecule has 0 amide bonds. The van der Waals surface area contributed by atoms with Gasteiger partial charge in [0.25, 0.3) is 0 Å². The Bertz CT molecular complexity index is 1080.